The molecular formula is C16H17N5. The van der Waals surface area contributed by atoms with Gasteiger partial charge in [0.15, 0.2) is 5.82 Å². The van der Waals surface area contributed by atoms with Gasteiger partial charge in [0.1, 0.15) is 12.7 Å². The van der Waals surface area contributed by atoms with Gasteiger partial charge in [0.05, 0.1) is 5.69 Å². The summed E-state index contributed by atoms with van der Waals surface area (Å²) in [5.74, 6) is 0.750. The van der Waals surface area contributed by atoms with Crippen LogP contribution < -0.4 is 5.32 Å². The average Bonchev–Trinajstić information content (AvgIpc) is 3.03. The van der Waals surface area contributed by atoms with Crippen LogP contribution in [0.1, 0.15) is 16.7 Å². The van der Waals surface area contributed by atoms with Gasteiger partial charge in [0.25, 0.3) is 0 Å². The van der Waals surface area contributed by atoms with Crippen LogP contribution in [0.15, 0.2) is 49.2 Å². The van der Waals surface area contributed by atoms with E-state index in [1.54, 1.807) is 17.2 Å². The van der Waals surface area contributed by atoms with Crippen LogP contribution in [0, 0.1) is 13.8 Å². The van der Waals surface area contributed by atoms with Crippen LogP contribution in [-0.2, 0) is 6.54 Å². The highest BCUT2D eigenvalue weighted by Crippen LogP contribution is 2.18. The largest absolute Gasteiger partial charge is 0.378 e. The molecule has 5 nitrogen and oxygen atoms in total. The third-order valence-corrected chi connectivity index (χ3v) is 3.40. The summed E-state index contributed by atoms with van der Waals surface area (Å²) in [6.45, 7) is 4.98. The van der Waals surface area contributed by atoms with Crippen molar-refractivity contribution in [3.05, 3.63) is 65.9 Å². The number of nitrogens with zero attached hydrogens (tertiary/aromatic N) is 4. The number of hydrogen-bond donors (Lipinski definition) is 1. The Morgan fingerprint density at radius 1 is 1.19 bits per heavy atom. The van der Waals surface area contributed by atoms with E-state index in [0.29, 0.717) is 0 Å². The van der Waals surface area contributed by atoms with E-state index in [1.807, 2.05) is 12.1 Å². The van der Waals surface area contributed by atoms with Crippen molar-refractivity contribution in [2.45, 2.75) is 20.4 Å². The smallest absolute Gasteiger partial charge is 0.178 e. The predicted molar refractivity (Wildman–Crippen MR) is 82.4 cm³/mol. The van der Waals surface area contributed by atoms with E-state index in [9.17, 15) is 0 Å². The number of aryl methyl sites for hydroxylation is 2. The highest BCUT2D eigenvalue weighted by atomic mass is 15.3. The van der Waals surface area contributed by atoms with Crippen LogP contribution in [0.5, 0.6) is 0 Å². The molecule has 5 heteroatoms. The van der Waals surface area contributed by atoms with Gasteiger partial charge < -0.3 is 5.32 Å². The summed E-state index contributed by atoms with van der Waals surface area (Å²) in [7, 11) is 0. The molecule has 0 saturated carbocycles. The summed E-state index contributed by atoms with van der Waals surface area (Å²) >= 11 is 0. The molecule has 3 aromatic rings. The lowest BCUT2D eigenvalue weighted by Crippen LogP contribution is -2.07. The van der Waals surface area contributed by atoms with Crippen LogP contribution in [0.2, 0.25) is 0 Å². The second-order valence-electron chi connectivity index (χ2n) is 5.00. The van der Waals surface area contributed by atoms with Crippen molar-refractivity contribution in [1.82, 2.24) is 19.7 Å². The van der Waals surface area contributed by atoms with Gasteiger partial charge in [-0.25, -0.2) is 14.6 Å². The molecule has 3 rings (SSSR count). The molecule has 21 heavy (non-hydrogen) atoms. The zero-order valence-corrected chi connectivity index (χ0v) is 12.1. The fourth-order valence-corrected chi connectivity index (χ4v) is 2.22. The Morgan fingerprint density at radius 2 is 2.10 bits per heavy atom. The van der Waals surface area contributed by atoms with Crippen molar-refractivity contribution >= 4 is 5.69 Å². The lowest BCUT2D eigenvalue weighted by molar-refractivity contribution is 0.844. The van der Waals surface area contributed by atoms with E-state index in [4.69, 9.17) is 0 Å². The van der Waals surface area contributed by atoms with Crippen LogP contribution in [-0.4, -0.2) is 19.7 Å². The van der Waals surface area contributed by atoms with Crippen molar-refractivity contribution in [2.24, 2.45) is 0 Å². The molecule has 0 aliphatic rings. The number of nitrogens with one attached hydrogen (secondary N) is 1. The lowest BCUT2D eigenvalue weighted by atomic mass is 10.1. The van der Waals surface area contributed by atoms with Gasteiger partial charge in [-0.05, 0) is 37.1 Å². The lowest BCUT2D eigenvalue weighted by Gasteiger charge is -2.12. The molecule has 0 aliphatic heterocycles. The molecule has 0 aliphatic carbocycles. The van der Waals surface area contributed by atoms with Gasteiger partial charge in [-0.1, -0.05) is 23.8 Å². The van der Waals surface area contributed by atoms with Gasteiger partial charge in [0, 0.05) is 12.7 Å². The standard InChI is InChI=1S/C16H17N5/c1-12-5-6-13(2)14(8-12)9-19-15-4-3-7-18-16(15)21-11-17-10-20-21/h3-8,10-11,19H,9H2,1-2H3. The van der Waals surface area contributed by atoms with Gasteiger partial charge >= 0.3 is 0 Å². The van der Waals surface area contributed by atoms with Crippen LogP contribution >= 0.6 is 0 Å². The summed E-state index contributed by atoms with van der Waals surface area (Å²) in [6.07, 6.45) is 4.90. The van der Waals surface area contributed by atoms with Gasteiger partial charge in [-0.2, -0.15) is 5.10 Å². The highest BCUT2D eigenvalue weighted by Gasteiger charge is 2.06. The number of aromatic nitrogens is 4. The number of anilines is 1. The molecule has 1 N–H and O–H groups in total. The molecule has 0 atom stereocenters. The van der Waals surface area contributed by atoms with Crippen LogP contribution in [0.4, 0.5) is 5.69 Å². The Morgan fingerprint density at radius 3 is 2.90 bits per heavy atom. The summed E-state index contributed by atoms with van der Waals surface area (Å²) < 4.78 is 1.66. The molecule has 0 bridgehead atoms. The number of pyridine rings is 1. The molecule has 0 amide bonds. The summed E-state index contributed by atoms with van der Waals surface area (Å²) in [5, 5.41) is 7.57. The van der Waals surface area contributed by atoms with Crippen LogP contribution in [0.3, 0.4) is 0 Å². The van der Waals surface area contributed by atoms with E-state index in [0.717, 1.165) is 18.1 Å². The second kappa shape index (κ2) is 5.75. The first-order valence-electron chi connectivity index (χ1n) is 6.84. The Hall–Kier alpha value is -2.69. The van der Waals surface area contributed by atoms with Crippen molar-refractivity contribution in [2.75, 3.05) is 5.32 Å². The fraction of sp³-hybridized carbons (Fsp3) is 0.188. The molecule has 0 unspecified atom stereocenters. The number of rotatable bonds is 4. The molecule has 106 valence electrons. The normalized spacial score (nSPS) is 10.6. The highest BCUT2D eigenvalue weighted by molar-refractivity contribution is 5.56. The summed E-state index contributed by atoms with van der Waals surface area (Å²) in [6, 6.07) is 10.4. The molecule has 0 saturated heterocycles. The topological polar surface area (TPSA) is 55.6 Å². The van der Waals surface area contributed by atoms with Gasteiger partial charge in [-0.3, -0.25) is 0 Å². The maximum atomic E-state index is 4.37. The maximum absolute atomic E-state index is 4.37. The Kier molecular flexibility index (Phi) is 3.64. The Bertz CT molecular complexity index is 734. The maximum Gasteiger partial charge on any atom is 0.178 e. The molecule has 2 heterocycles. The van der Waals surface area contributed by atoms with E-state index in [-0.39, 0.29) is 0 Å². The first-order valence-corrected chi connectivity index (χ1v) is 6.84. The minimum absolute atomic E-state index is 0.750. The van der Waals surface area contributed by atoms with Crippen molar-refractivity contribution in [3.8, 4) is 5.82 Å². The van der Waals surface area contributed by atoms with Gasteiger partial charge in [0.2, 0.25) is 0 Å². The third kappa shape index (κ3) is 2.91. The molecule has 0 fully saturated rings. The van der Waals surface area contributed by atoms with E-state index in [2.05, 4.69) is 52.4 Å². The Balaban J connectivity index is 1.84. The SMILES string of the molecule is Cc1ccc(C)c(CNc2cccnc2-n2cncn2)c1. The van der Waals surface area contributed by atoms with Crippen LogP contribution in [0.25, 0.3) is 5.82 Å². The predicted octanol–water partition coefficient (Wildman–Crippen LogP) is 2.89. The van der Waals surface area contributed by atoms with Gasteiger partial charge in [-0.15, -0.1) is 0 Å². The zero-order valence-electron chi connectivity index (χ0n) is 12.1. The van der Waals surface area contributed by atoms with E-state index < -0.39 is 0 Å². The first-order chi connectivity index (χ1) is 10.2. The molecule has 0 spiro atoms. The molecule has 0 radical (unpaired) electrons. The van der Waals surface area contributed by atoms with E-state index >= 15 is 0 Å². The summed E-state index contributed by atoms with van der Waals surface area (Å²) in [5.41, 5.74) is 4.76. The first kappa shape index (κ1) is 13.3. The fourth-order valence-electron chi connectivity index (χ4n) is 2.22. The molecule has 1 aromatic carbocycles. The molecular weight excluding hydrogens is 262 g/mol. The number of benzene rings is 1. The van der Waals surface area contributed by atoms with Crippen molar-refractivity contribution in [1.29, 1.82) is 0 Å². The number of hydrogen-bond acceptors (Lipinski definition) is 4. The second-order valence-corrected chi connectivity index (χ2v) is 5.00. The monoisotopic (exact) mass is 279 g/mol. The zero-order chi connectivity index (χ0) is 14.7. The summed E-state index contributed by atoms with van der Waals surface area (Å²) in [4.78, 5) is 8.34. The Labute approximate surface area is 123 Å². The van der Waals surface area contributed by atoms with Crippen molar-refractivity contribution in [3.63, 3.8) is 0 Å². The van der Waals surface area contributed by atoms with E-state index in [1.165, 1.54) is 23.0 Å². The molecule has 2 aromatic heterocycles. The van der Waals surface area contributed by atoms with Crippen molar-refractivity contribution < 1.29 is 0 Å². The minimum atomic E-state index is 0.750. The third-order valence-electron chi connectivity index (χ3n) is 3.40. The minimum Gasteiger partial charge on any atom is -0.378 e. The average molecular weight is 279 g/mol. The quantitative estimate of drug-likeness (QED) is 0.798.